The van der Waals surface area contributed by atoms with E-state index >= 15 is 0 Å². The molecule has 1 atom stereocenters. The van der Waals surface area contributed by atoms with Crippen LogP contribution in [0.3, 0.4) is 0 Å². The first-order chi connectivity index (χ1) is 9.58. The first kappa shape index (κ1) is 14.8. The minimum absolute atomic E-state index is 0.0597. The van der Waals surface area contributed by atoms with Crippen LogP contribution in [0.2, 0.25) is 5.02 Å². The minimum atomic E-state index is -0.690. The lowest BCUT2D eigenvalue weighted by atomic mass is 9.97. The molecule has 0 heterocycles. The maximum absolute atomic E-state index is 14.0. The van der Waals surface area contributed by atoms with Gasteiger partial charge in [0.1, 0.15) is 17.4 Å². The quantitative estimate of drug-likeness (QED) is 0.923. The van der Waals surface area contributed by atoms with Crippen molar-refractivity contribution in [2.75, 3.05) is 14.2 Å². The van der Waals surface area contributed by atoms with E-state index in [9.17, 15) is 8.78 Å². The van der Waals surface area contributed by atoms with Gasteiger partial charge in [0.25, 0.3) is 0 Å². The van der Waals surface area contributed by atoms with Crippen molar-refractivity contribution in [2.24, 2.45) is 0 Å². The van der Waals surface area contributed by atoms with Crippen LogP contribution in [-0.4, -0.2) is 14.2 Å². The molecule has 0 aliphatic heterocycles. The molecule has 2 aromatic rings. The van der Waals surface area contributed by atoms with E-state index in [0.717, 1.165) is 0 Å². The van der Waals surface area contributed by atoms with Crippen LogP contribution in [0.25, 0.3) is 0 Å². The first-order valence-corrected chi connectivity index (χ1v) is 6.41. The van der Waals surface area contributed by atoms with E-state index in [1.807, 2.05) is 0 Å². The molecular weight excluding hydrogens is 284 g/mol. The Kier molecular flexibility index (Phi) is 4.57. The van der Waals surface area contributed by atoms with Crippen LogP contribution in [-0.2, 0) is 0 Å². The van der Waals surface area contributed by atoms with Crippen molar-refractivity contribution in [3.63, 3.8) is 0 Å². The second-order valence-electron chi connectivity index (χ2n) is 4.24. The van der Waals surface area contributed by atoms with Crippen LogP contribution in [0.1, 0.15) is 17.2 Å². The van der Waals surface area contributed by atoms with Crippen molar-refractivity contribution >= 4 is 11.6 Å². The molecule has 0 aliphatic rings. The maximum atomic E-state index is 14.0. The van der Waals surface area contributed by atoms with Gasteiger partial charge in [0.15, 0.2) is 0 Å². The largest absolute Gasteiger partial charge is 0.496 e. The van der Waals surface area contributed by atoms with Crippen LogP contribution in [0.4, 0.5) is 8.78 Å². The third-order valence-corrected chi connectivity index (χ3v) is 3.31. The molecule has 1 unspecified atom stereocenters. The molecule has 0 aliphatic carbocycles. The number of methoxy groups -OCH3 is 1. The molecule has 0 saturated heterocycles. The topological polar surface area (TPSA) is 21.3 Å². The smallest absolute Gasteiger partial charge is 0.131 e. The highest BCUT2D eigenvalue weighted by atomic mass is 35.5. The van der Waals surface area contributed by atoms with Gasteiger partial charge in [-0.3, -0.25) is 0 Å². The van der Waals surface area contributed by atoms with Crippen LogP contribution >= 0.6 is 11.6 Å². The molecule has 2 nitrogen and oxygen atoms in total. The molecule has 0 saturated carbocycles. The normalized spacial score (nSPS) is 12.2. The van der Waals surface area contributed by atoms with Gasteiger partial charge >= 0.3 is 0 Å². The molecule has 0 fully saturated rings. The van der Waals surface area contributed by atoms with E-state index < -0.39 is 17.7 Å². The van der Waals surface area contributed by atoms with Crippen molar-refractivity contribution in [3.8, 4) is 5.75 Å². The fourth-order valence-corrected chi connectivity index (χ4v) is 2.35. The first-order valence-electron chi connectivity index (χ1n) is 6.03. The summed E-state index contributed by atoms with van der Waals surface area (Å²) in [7, 11) is 3.12. The van der Waals surface area contributed by atoms with Crippen molar-refractivity contribution in [3.05, 3.63) is 64.2 Å². The molecule has 1 N–H and O–H groups in total. The second-order valence-corrected chi connectivity index (χ2v) is 4.68. The molecule has 2 aromatic carbocycles. The Morgan fingerprint density at radius 3 is 2.35 bits per heavy atom. The Bertz CT molecular complexity index is 599. The molecule has 106 valence electrons. The van der Waals surface area contributed by atoms with Crippen LogP contribution in [0, 0.1) is 11.6 Å². The van der Waals surface area contributed by atoms with Crippen molar-refractivity contribution < 1.29 is 13.5 Å². The van der Waals surface area contributed by atoms with Crippen molar-refractivity contribution in [1.82, 2.24) is 5.32 Å². The number of ether oxygens (including phenoxy) is 1. The Morgan fingerprint density at radius 2 is 1.80 bits per heavy atom. The summed E-state index contributed by atoms with van der Waals surface area (Å²) in [5.41, 5.74) is 0.516. The van der Waals surface area contributed by atoms with Gasteiger partial charge in [-0.05, 0) is 37.4 Å². The summed E-state index contributed by atoms with van der Waals surface area (Å²) in [6.07, 6.45) is 0. The van der Waals surface area contributed by atoms with Gasteiger partial charge in [-0.1, -0.05) is 17.7 Å². The maximum Gasteiger partial charge on any atom is 0.131 e. The SMILES string of the molecule is CNC(c1cc(Cl)ccc1OC)c1c(F)cccc1F. The van der Waals surface area contributed by atoms with Crippen LogP contribution in [0.5, 0.6) is 5.75 Å². The number of halogens is 3. The predicted molar refractivity (Wildman–Crippen MR) is 75.3 cm³/mol. The van der Waals surface area contributed by atoms with Crippen molar-refractivity contribution in [1.29, 1.82) is 0 Å². The Hall–Kier alpha value is -1.65. The molecule has 0 aromatic heterocycles. The molecule has 0 radical (unpaired) electrons. The lowest BCUT2D eigenvalue weighted by molar-refractivity contribution is 0.403. The Balaban J connectivity index is 2.61. The number of rotatable bonds is 4. The summed E-state index contributed by atoms with van der Waals surface area (Å²) in [5.74, 6) is -0.728. The highest BCUT2D eigenvalue weighted by molar-refractivity contribution is 6.30. The summed E-state index contributed by atoms with van der Waals surface area (Å²) in [4.78, 5) is 0. The summed E-state index contributed by atoms with van der Waals surface area (Å²) < 4.78 is 33.2. The summed E-state index contributed by atoms with van der Waals surface area (Å²) >= 11 is 5.97. The van der Waals surface area contributed by atoms with E-state index in [2.05, 4.69) is 5.32 Å². The zero-order valence-corrected chi connectivity index (χ0v) is 11.8. The van der Waals surface area contributed by atoms with E-state index in [1.165, 1.54) is 25.3 Å². The van der Waals surface area contributed by atoms with E-state index in [-0.39, 0.29) is 5.56 Å². The van der Waals surface area contributed by atoms with Gasteiger partial charge in [-0.2, -0.15) is 0 Å². The fourth-order valence-electron chi connectivity index (χ4n) is 2.17. The number of hydrogen-bond donors (Lipinski definition) is 1. The number of benzene rings is 2. The van der Waals surface area contributed by atoms with E-state index in [4.69, 9.17) is 16.3 Å². The van der Waals surface area contributed by atoms with E-state index in [1.54, 1.807) is 25.2 Å². The highest BCUT2D eigenvalue weighted by Gasteiger charge is 2.23. The lowest BCUT2D eigenvalue weighted by Gasteiger charge is -2.21. The molecule has 0 spiro atoms. The molecule has 5 heteroatoms. The van der Waals surface area contributed by atoms with Crippen LogP contribution in [0.15, 0.2) is 36.4 Å². The van der Waals surface area contributed by atoms with Gasteiger partial charge in [0, 0.05) is 16.1 Å². The molecule has 2 rings (SSSR count). The standard InChI is InChI=1S/C15H14ClF2NO/c1-19-15(14-11(17)4-3-5-12(14)18)10-8-9(16)6-7-13(10)20-2/h3-8,15,19H,1-2H3. The monoisotopic (exact) mass is 297 g/mol. The Labute approximate surface area is 121 Å². The second kappa shape index (κ2) is 6.20. The molecule has 0 amide bonds. The summed E-state index contributed by atoms with van der Waals surface area (Å²) in [6.45, 7) is 0. The third-order valence-electron chi connectivity index (χ3n) is 3.08. The van der Waals surface area contributed by atoms with Gasteiger partial charge < -0.3 is 10.1 Å². The van der Waals surface area contributed by atoms with Gasteiger partial charge in [0.05, 0.1) is 13.2 Å². The van der Waals surface area contributed by atoms with E-state index in [0.29, 0.717) is 16.3 Å². The van der Waals surface area contributed by atoms with Gasteiger partial charge in [0.2, 0.25) is 0 Å². The van der Waals surface area contributed by atoms with Crippen molar-refractivity contribution in [2.45, 2.75) is 6.04 Å². The third kappa shape index (κ3) is 2.76. The Morgan fingerprint density at radius 1 is 1.15 bits per heavy atom. The molecule has 20 heavy (non-hydrogen) atoms. The van der Waals surface area contributed by atoms with Gasteiger partial charge in [-0.15, -0.1) is 0 Å². The van der Waals surface area contributed by atoms with Gasteiger partial charge in [-0.25, -0.2) is 8.78 Å². The average Bonchev–Trinajstić information content (AvgIpc) is 2.43. The fraction of sp³-hybridized carbons (Fsp3) is 0.200. The predicted octanol–water partition coefficient (Wildman–Crippen LogP) is 3.94. The summed E-state index contributed by atoms with van der Waals surface area (Å²) in [5, 5.41) is 3.37. The zero-order valence-electron chi connectivity index (χ0n) is 11.1. The minimum Gasteiger partial charge on any atom is -0.496 e. The highest BCUT2D eigenvalue weighted by Crippen LogP contribution is 2.34. The summed E-state index contributed by atoms with van der Waals surface area (Å²) in [6, 6.07) is 8.04. The lowest BCUT2D eigenvalue weighted by Crippen LogP contribution is -2.21. The number of nitrogens with one attached hydrogen (secondary N) is 1. The molecule has 0 bridgehead atoms. The molecular formula is C15H14ClF2NO. The number of hydrogen-bond acceptors (Lipinski definition) is 2. The van der Waals surface area contributed by atoms with Crippen LogP contribution < -0.4 is 10.1 Å². The zero-order chi connectivity index (χ0) is 14.7. The average molecular weight is 298 g/mol.